The molecule has 0 saturated carbocycles. The molecular formula is C19H21N3O2. The number of rotatable bonds is 5. The van der Waals surface area contributed by atoms with Crippen molar-refractivity contribution >= 4 is 17.5 Å². The van der Waals surface area contributed by atoms with E-state index < -0.39 is 0 Å². The van der Waals surface area contributed by atoms with Crippen molar-refractivity contribution in [1.29, 1.82) is 0 Å². The third-order valence-electron chi connectivity index (χ3n) is 4.33. The van der Waals surface area contributed by atoms with Crippen molar-refractivity contribution in [3.8, 4) is 0 Å². The Hall–Kier alpha value is -2.69. The molecule has 0 spiro atoms. The van der Waals surface area contributed by atoms with E-state index in [1.807, 2.05) is 24.3 Å². The van der Waals surface area contributed by atoms with Gasteiger partial charge in [-0.3, -0.25) is 14.6 Å². The van der Waals surface area contributed by atoms with Gasteiger partial charge in [0.15, 0.2) is 0 Å². The van der Waals surface area contributed by atoms with Gasteiger partial charge < -0.3 is 9.80 Å². The normalized spacial score (nSPS) is 14.0. The molecule has 1 aliphatic rings. The van der Waals surface area contributed by atoms with Crippen molar-refractivity contribution in [2.45, 2.75) is 19.3 Å². The number of anilines is 1. The Morgan fingerprint density at radius 1 is 1.17 bits per heavy atom. The lowest BCUT2D eigenvalue weighted by atomic mass is 10.1. The molecule has 1 aromatic heterocycles. The Labute approximate surface area is 141 Å². The van der Waals surface area contributed by atoms with Crippen molar-refractivity contribution in [2.24, 2.45) is 0 Å². The molecule has 1 saturated heterocycles. The van der Waals surface area contributed by atoms with Crippen molar-refractivity contribution in [1.82, 2.24) is 9.88 Å². The molecule has 5 heteroatoms. The van der Waals surface area contributed by atoms with E-state index in [-0.39, 0.29) is 11.8 Å². The molecule has 0 N–H and O–H groups in total. The van der Waals surface area contributed by atoms with Crippen LogP contribution in [0, 0.1) is 0 Å². The molecule has 3 rings (SSSR count). The lowest BCUT2D eigenvalue weighted by Crippen LogP contribution is -2.29. The fourth-order valence-electron chi connectivity index (χ4n) is 2.87. The Bertz CT molecular complexity index is 713. The van der Waals surface area contributed by atoms with Crippen LogP contribution in [0.2, 0.25) is 0 Å². The summed E-state index contributed by atoms with van der Waals surface area (Å²) in [4.78, 5) is 31.8. The maximum Gasteiger partial charge on any atom is 0.253 e. The second-order valence-corrected chi connectivity index (χ2v) is 6.03. The first-order valence-corrected chi connectivity index (χ1v) is 8.20. The SMILES string of the molecule is CN(CCc1ccncc1)C(=O)c1ccc(N2CCCC2=O)cc1. The lowest BCUT2D eigenvalue weighted by Gasteiger charge is -2.19. The van der Waals surface area contributed by atoms with Crippen LogP contribution in [0.15, 0.2) is 48.8 Å². The summed E-state index contributed by atoms with van der Waals surface area (Å²) in [6, 6.07) is 11.2. The Morgan fingerprint density at radius 3 is 2.50 bits per heavy atom. The Kier molecular flexibility index (Phi) is 4.89. The minimum Gasteiger partial charge on any atom is -0.341 e. The summed E-state index contributed by atoms with van der Waals surface area (Å²) in [6.45, 7) is 1.41. The molecule has 124 valence electrons. The molecule has 5 nitrogen and oxygen atoms in total. The third-order valence-corrected chi connectivity index (χ3v) is 4.33. The molecular weight excluding hydrogens is 302 g/mol. The second-order valence-electron chi connectivity index (χ2n) is 6.03. The first kappa shape index (κ1) is 16.2. The standard InChI is InChI=1S/C19H21N3O2/c1-21(14-10-15-8-11-20-12-9-15)19(24)16-4-6-17(7-5-16)22-13-2-3-18(22)23/h4-9,11-12H,2-3,10,13-14H2,1H3. The van der Waals surface area contributed by atoms with Crippen LogP contribution in [-0.2, 0) is 11.2 Å². The molecule has 0 atom stereocenters. The van der Waals surface area contributed by atoms with Gasteiger partial charge in [0.2, 0.25) is 5.91 Å². The largest absolute Gasteiger partial charge is 0.341 e. The van der Waals surface area contributed by atoms with E-state index in [1.54, 1.807) is 41.4 Å². The third kappa shape index (κ3) is 3.62. The van der Waals surface area contributed by atoms with E-state index >= 15 is 0 Å². The highest BCUT2D eigenvalue weighted by Crippen LogP contribution is 2.22. The van der Waals surface area contributed by atoms with E-state index in [1.165, 1.54) is 0 Å². The Morgan fingerprint density at radius 2 is 1.88 bits per heavy atom. The van der Waals surface area contributed by atoms with Crippen LogP contribution in [0.4, 0.5) is 5.69 Å². The van der Waals surface area contributed by atoms with Crippen LogP contribution < -0.4 is 4.90 Å². The average Bonchev–Trinajstić information content (AvgIpc) is 3.06. The zero-order valence-electron chi connectivity index (χ0n) is 13.8. The highest BCUT2D eigenvalue weighted by molar-refractivity contribution is 5.97. The van der Waals surface area contributed by atoms with Gasteiger partial charge in [-0.25, -0.2) is 0 Å². The monoisotopic (exact) mass is 323 g/mol. The van der Waals surface area contributed by atoms with Crippen LogP contribution in [0.1, 0.15) is 28.8 Å². The van der Waals surface area contributed by atoms with E-state index in [2.05, 4.69) is 4.98 Å². The number of benzene rings is 1. The van der Waals surface area contributed by atoms with Crippen LogP contribution in [0.5, 0.6) is 0 Å². The van der Waals surface area contributed by atoms with Crippen LogP contribution in [-0.4, -0.2) is 41.8 Å². The number of likely N-dealkylation sites (N-methyl/N-ethyl adjacent to an activating group) is 1. The van der Waals surface area contributed by atoms with E-state index in [9.17, 15) is 9.59 Å². The van der Waals surface area contributed by atoms with Crippen molar-refractivity contribution in [3.05, 3.63) is 59.9 Å². The molecule has 24 heavy (non-hydrogen) atoms. The van der Waals surface area contributed by atoms with Crippen LogP contribution in [0.3, 0.4) is 0 Å². The number of nitrogens with zero attached hydrogens (tertiary/aromatic N) is 3. The van der Waals surface area contributed by atoms with Gasteiger partial charge >= 0.3 is 0 Å². The van der Waals surface area contributed by atoms with Crippen LogP contribution >= 0.6 is 0 Å². The first-order chi connectivity index (χ1) is 11.6. The summed E-state index contributed by atoms with van der Waals surface area (Å²) < 4.78 is 0. The zero-order chi connectivity index (χ0) is 16.9. The van der Waals surface area contributed by atoms with E-state index in [0.717, 1.165) is 30.6 Å². The predicted molar refractivity (Wildman–Crippen MR) is 92.9 cm³/mol. The molecule has 0 radical (unpaired) electrons. The number of amides is 2. The molecule has 1 aliphatic heterocycles. The molecule has 2 heterocycles. The summed E-state index contributed by atoms with van der Waals surface area (Å²) in [5.74, 6) is 0.145. The van der Waals surface area contributed by atoms with Gasteiger partial charge in [-0.05, 0) is 54.8 Å². The molecule has 0 unspecified atom stereocenters. The number of carbonyl (C=O) groups is 2. The van der Waals surface area contributed by atoms with Crippen molar-refractivity contribution in [2.75, 3.05) is 25.0 Å². The summed E-state index contributed by atoms with van der Waals surface area (Å²) >= 11 is 0. The number of hydrogen-bond donors (Lipinski definition) is 0. The summed E-state index contributed by atoms with van der Waals surface area (Å²) in [6.07, 6.45) is 5.83. The molecule has 1 aromatic carbocycles. The summed E-state index contributed by atoms with van der Waals surface area (Å²) in [7, 11) is 1.81. The number of hydrogen-bond acceptors (Lipinski definition) is 3. The van der Waals surface area contributed by atoms with Gasteiger partial charge in [0.1, 0.15) is 0 Å². The van der Waals surface area contributed by atoms with Gasteiger partial charge in [0.05, 0.1) is 0 Å². The molecule has 1 fully saturated rings. The second kappa shape index (κ2) is 7.25. The van der Waals surface area contributed by atoms with Gasteiger partial charge in [0, 0.05) is 50.2 Å². The van der Waals surface area contributed by atoms with Gasteiger partial charge in [-0.2, -0.15) is 0 Å². The van der Waals surface area contributed by atoms with E-state index in [0.29, 0.717) is 18.5 Å². The van der Waals surface area contributed by atoms with E-state index in [4.69, 9.17) is 0 Å². The van der Waals surface area contributed by atoms with Gasteiger partial charge in [-0.1, -0.05) is 0 Å². The lowest BCUT2D eigenvalue weighted by molar-refractivity contribution is -0.117. The van der Waals surface area contributed by atoms with Crippen LogP contribution in [0.25, 0.3) is 0 Å². The fraction of sp³-hybridized carbons (Fsp3) is 0.316. The Balaban J connectivity index is 1.61. The topological polar surface area (TPSA) is 53.5 Å². The predicted octanol–water partition coefficient (Wildman–Crippen LogP) is 2.52. The number of aromatic nitrogens is 1. The quantitative estimate of drug-likeness (QED) is 0.849. The maximum absolute atomic E-state index is 12.5. The molecule has 0 bridgehead atoms. The summed E-state index contributed by atoms with van der Waals surface area (Å²) in [5, 5.41) is 0. The summed E-state index contributed by atoms with van der Waals surface area (Å²) in [5.41, 5.74) is 2.67. The average molecular weight is 323 g/mol. The molecule has 2 amide bonds. The highest BCUT2D eigenvalue weighted by Gasteiger charge is 2.22. The number of pyridine rings is 1. The maximum atomic E-state index is 12.5. The van der Waals surface area contributed by atoms with Gasteiger partial charge in [-0.15, -0.1) is 0 Å². The minimum absolute atomic E-state index is 0.0108. The molecule has 0 aliphatic carbocycles. The number of carbonyl (C=O) groups excluding carboxylic acids is 2. The highest BCUT2D eigenvalue weighted by atomic mass is 16.2. The minimum atomic E-state index is -0.0108. The smallest absolute Gasteiger partial charge is 0.253 e. The first-order valence-electron chi connectivity index (χ1n) is 8.20. The molecule has 2 aromatic rings. The van der Waals surface area contributed by atoms with Crippen molar-refractivity contribution in [3.63, 3.8) is 0 Å². The fourth-order valence-corrected chi connectivity index (χ4v) is 2.87. The van der Waals surface area contributed by atoms with Crippen molar-refractivity contribution < 1.29 is 9.59 Å². The van der Waals surface area contributed by atoms with Gasteiger partial charge in [0.25, 0.3) is 5.91 Å². The zero-order valence-corrected chi connectivity index (χ0v) is 13.8.